The number of benzene rings is 1. The minimum atomic E-state index is -0.724. The van der Waals surface area contributed by atoms with Gasteiger partial charge in [0.1, 0.15) is 0 Å². The van der Waals surface area contributed by atoms with Crippen LogP contribution in [0.2, 0.25) is 0 Å². The van der Waals surface area contributed by atoms with E-state index in [-0.39, 0.29) is 19.0 Å². The Morgan fingerprint density at radius 1 is 1.09 bits per heavy atom. The van der Waals surface area contributed by atoms with Gasteiger partial charge < -0.3 is 14.5 Å². The van der Waals surface area contributed by atoms with Gasteiger partial charge in [0.25, 0.3) is 5.95 Å². The Hall–Kier alpha value is -2.49. The van der Waals surface area contributed by atoms with E-state index in [1.54, 1.807) is 4.68 Å². The molecular formula is C25H35ClN6O3. The molecule has 9 nitrogen and oxygen atoms in total. The molecule has 0 radical (unpaired) electrons. The van der Waals surface area contributed by atoms with Crippen molar-refractivity contribution < 1.29 is 14.4 Å². The van der Waals surface area contributed by atoms with Crippen molar-refractivity contribution >= 4 is 29.3 Å². The summed E-state index contributed by atoms with van der Waals surface area (Å²) >= 11 is 0. The lowest BCUT2D eigenvalue weighted by Crippen LogP contribution is -2.39. The third-order valence-electron chi connectivity index (χ3n) is 7.48. The van der Waals surface area contributed by atoms with Crippen molar-refractivity contribution in [2.45, 2.75) is 51.4 Å². The summed E-state index contributed by atoms with van der Waals surface area (Å²) in [5.41, 5.74) is 2.05. The fraction of sp³-hybridized carbons (Fsp3) is 0.600. The van der Waals surface area contributed by atoms with E-state index in [4.69, 9.17) is 19.7 Å². The van der Waals surface area contributed by atoms with Crippen molar-refractivity contribution in [3.63, 3.8) is 0 Å². The maximum absolute atomic E-state index is 10.9. The van der Waals surface area contributed by atoms with Crippen LogP contribution in [0.3, 0.4) is 0 Å². The molecule has 2 aliphatic rings. The second-order valence-corrected chi connectivity index (χ2v) is 9.68. The van der Waals surface area contributed by atoms with Gasteiger partial charge in [-0.3, -0.25) is 9.69 Å². The van der Waals surface area contributed by atoms with Gasteiger partial charge in [-0.1, -0.05) is 25.1 Å². The minimum absolute atomic E-state index is 0. The van der Waals surface area contributed by atoms with Crippen LogP contribution in [-0.4, -0.2) is 80.1 Å². The summed E-state index contributed by atoms with van der Waals surface area (Å²) in [6.07, 6.45) is 6.32. The molecule has 0 aliphatic carbocycles. The number of piperidine rings is 2. The Labute approximate surface area is 211 Å². The second-order valence-electron chi connectivity index (χ2n) is 9.68. The molecule has 10 heteroatoms. The van der Waals surface area contributed by atoms with Gasteiger partial charge in [-0.15, -0.1) is 12.4 Å². The monoisotopic (exact) mass is 502 g/mol. The third-order valence-corrected chi connectivity index (χ3v) is 7.48. The number of aryl methyl sites for hydroxylation is 1. The van der Waals surface area contributed by atoms with E-state index in [1.807, 2.05) is 18.2 Å². The molecule has 2 fully saturated rings. The lowest BCUT2D eigenvalue weighted by molar-refractivity contribution is -0.138. The zero-order chi connectivity index (χ0) is 23.5. The Kier molecular flexibility index (Phi) is 8.41. The van der Waals surface area contributed by atoms with Crippen molar-refractivity contribution in [1.29, 1.82) is 0 Å². The van der Waals surface area contributed by atoms with Crippen molar-refractivity contribution in [1.82, 2.24) is 29.7 Å². The largest absolute Gasteiger partial charge is 0.480 e. The molecule has 0 bridgehead atoms. The number of carboxylic acid groups (broad SMARTS) is 1. The first kappa shape index (κ1) is 25.6. The molecular weight excluding hydrogens is 468 g/mol. The second kappa shape index (κ2) is 11.5. The van der Waals surface area contributed by atoms with Crippen LogP contribution < -0.4 is 0 Å². The summed E-state index contributed by atoms with van der Waals surface area (Å²) in [6, 6.07) is 8.18. The van der Waals surface area contributed by atoms with Crippen molar-refractivity contribution in [2.75, 3.05) is 39.3 Å². The van der Waals surface area contributed by atoms with Crippen LogP contribution in [0.25, 0.3) is 16.9 Å². The number of hydrogen-bond acceptors (Lipinski definition) is 7. The SMILES string of the molecule is CCc1nn(-c2noc(C3CCN(CCC4CCN(CC(=O)O)CC4)CC3)n2)c2ccccc12.Cl. The van der Waals surface area contributed by atoms with Gasteiger partial charge in [0.05, 0.1) is 17.8 Å². The molecule has 3 aromatic rings. The molecule has 35 heavy (non-hydrogen) atoms. The maximum atomic E-state index is 10.9. The van der Waals surface area contributed by atoms with Crippen molar-refractivity contribution in [3.8, 4) is 5.95 Å². The third kappa shape index (κ3) is 5.85. The van der Waals surface area contributed by atoms with Crippen LogP contribution >= 0.6 is 12.4 Å². The molecule has 0 spiro atoms. The highest BCUT2D eigenvalue weighted by molar-refractivity contribution is 5.85. The number of para-hydroxylation sites is 1. The first-order valence-electron chi connectivity index (χ1n) is 12.6. The van der Waals surface area contributed by atoms with E-state index < -0.39 is 5.97 Å². The molecule has 5 rings (SSSR count). The Balaban J connectivity index is 0.00000289. The Morgan fingerprint density at radius 2 is 1.80 bits per heavy atom. The molecule has 4 heterocycles. The van der Waals surface area contributed by atoms with E-state index in [2.05, 4.69) is 27.9 Å². The van der Waals surface area contributed by atoms with Crippen LogP contribution in [0.15, 0.2) is 28.8 Å². The predicted octanol–water partition coefficient (Wildman–Crippen LogP) is 3.76. The van der Waals surface area contributed by atoms with Crippen LogP contribution in [0.5, 0.6) is 0 Å². The Morgan fingerprint density at radius 3 is 2.51 bits per heavy atom. The lowest BCUT2D eigenvalue weighted by atomic mass is 9.92. The average Bonchev–Trinajstić information content (AvgIpc) is 3.49. The highest BCUT2D eigenvalue weighted by Gasteiger charge is 2.27. The van der Waals surface area contributed by atoms with Crippen LogP contribution in [-0.2, 0) is 11.2 Å². The van der Waals surface area contributed by atoms with Gasteiger partial charge in [-0.25, -0.2) is 0 Å². The van der Waals surface area contributed by atoms with E-state index >= 15 is 0 Å². The fourth-order valence-corrected chi connectivity index (χ4v) is 5.42. The molecule has 2 aliphatic heterocycles. The predicted molar refractivity (Wildman–Crippen MR) is 135 cm³/mol. The number of carboxylic acids is 1. The highest BCUT2D eigenvalue weighted by atomic mass is 35.5. The molecule has 2 aromatic heterocycles. The number of hydrogen-bond donors (Lipinski definition) is 1. The molecule has 1 aromatic carbocycles. The summed E-state index contributed by atoms with van der Waals surface area (Å²) in [5, 5.41) is 19.1. The molecule has 0 unspecified atom stereocenters. The first-order valence-corrected chi connectivity index (χ1v) is 12.6. The van der Waals surface area contributed by atoms with Gasteiger partial charge in [0.15, 0.2) is 0 Å². The van der Waals surface area contributed by atoms with Gasteiger partial charge in [-0.05, 0) is 88.4 Å². The topological polar surface area (TPSA) is 101 Å². The molecule has 0 atom stereocenters. The normalized spacial score (nSPS) is 18.7. The lowest BCUT2D eigenvalue weighted by Gasteiger charge is -2.34. The number of carbonyl (C=O) groups is 1. The van der Waals surface area contributed by atoms with E-state index in [0.717, 1.165) is 87.3 Å². The van der Waals surface area contributed by atoms with E-state index in [9.17, 15) is 4.79 Å². The zero-order valence-electron chi connectivity index (χ0n) is 20.3. The van der Waals surface area contributed by atoms with E-state index in [0.29, 0.717) is 17.8 Å². The summed E-state index contributed by atoms with van der Waals surface area (Å²) < 4.78 is 7.49. The fourth-order valence-electron chi connectivity index (χ4n) is 5.42. The molecule has 2 saturated heterocycles. The number of likely N-dealkylation sites (tertiary alicyclic amines) is 2. The van der Waals surface area contributed by atoms with Crippen molar-refractivity contribution in [3.05, 3.63) is 35.9 Å². The number of aromatic nitrogens is 4. The quantitative estimate of drug-likeness (QED) is 0.497. The summed E-state index contributed by atoms with van der Waals surface area (Å²) in [5.74, 6) is 1.52. The first-order chi connectivity index (χ1) is 16.6. The number of rotatable bonds is 8. The number of aliphatic carboxylic acids is 1. The molecule has 0 saturated carbocycles. The average molecular weight is 503 g/mol. The van der Waals surface area contributed by atoms with Crippen LogP contribution in [0.1, 0.15) is 56.5 Å². The standard InChI is InChI=1S/C25H34N6O3.ClH/c1-2-21-20-5-3-4-6-22(20)31(27-21)25-26-24(34-28-25)19-10-15-29(16-11-19)12-7-18-8-13-30(14-9-18)17-23(32)33;/h3-6,18-19H,2,7-17H2,1H3,(H,32,33);1H. The summed E-state index contributed by atoms with van der Waals surface area (Å²) in [7, 11) is 0. The van der Waals surface area contributed by atoms with Gasteiger partial charge in [-0.2, -0.15) is 14.8 Å². The van der Waals surface area contributed by atoms with Crippen LogP contribution in [0.4, 0.5) is 0 Å². The highest BCUT2D eigenvalue weighted by Crippen LogP contribution is 2.29. The van der Waals surface area contributed by atoms with Crippen LogP contribution in [0, 0.1) is 5.92 Å². The van der Waals surface area contributed by atoms with Gasteiger partial charge >= 0.3 is 5.97 Å². The number of halogens is 1. The van der Waals surface area contributed by atoms with E-state index in [1.165, 1.54) is 6.42 Å². The minimum Gasteiger partial charge on any atom is -0.480 e. The zero-order valence-corrected chi connectivity index (χ0v) is 21.1. The summed E-state index contributed by atoms with van der Waals surface area (Å²) in [6.45, 7) is 7.30. The number of nitrogens with zero attached hydrogens (tertiary/aromatic N) is 6. The maximum Gasteiger partial charge on any atom is 0.317 e. The van der Waals surface area contributed by atoms with Gasteiger partial charge in [0, 0.05) is 11.3 Å². The molecule has 0 amide bonds. The van der Waals surface area contributed by atoms with Crippen molar-refractivity contribution in [2.24, 2.45) is 5.92 Å². The summed E-state index contributed by atoms with van der Waals surface area (Å²) in [4.78, 5) is 20.2. The molecule has 190 valence electrons. The van der Waals surface area contributed by atoms with Gasteiger partial charge in [0.2, 0.25) is 5.89 Å². The Bertz CT molecular complexity index is 1120. The number of fused-ring (bicyclic) bond motifs is 1. The molecule has 1 N–H and O–H groups in total. The smallest absolute Gasteiger partial charge is 0.317 e.